The normalized spacial score (nSPS) is 15.5. The third kappa shape index (κ3) is 1.43. The van der Waals surface area contributed by atoms with E-state index in [4.69, 9.17) is 10.2 Å². The number of carbonyl (C=O) groups is 1. The average molecular weight is 196 g/mol. The molecule has 0 bridgehead atoms. The number of hydrogen-bond acceptors (Lipinski definition) is 2. The van der Waals surface area contributed by atoms with Crippen LogP contribution < -0.4 is 0 Å². The van der Waals surface area contributed by atoms with Crippen LogP contribution in [0.1, 0.15) is 34.7 Å². The molecule has 0 aliphatic heterocycles. The highest BCUT2D eigenvalue weighted by molar-refractivity contribution is 5.88. The average Bonchev–Trinajstić information content (AvgIpc) is 2.91. The minimum Gasteiger partial charge on any atom is -0.505 e. The van der Waals surface area contributed by atoms with Gasteiger partial charge < -0.3 is 10.2 Å². The van der Waals surface area contributed by atoms with Gasteiger partial charge in [0, 0.05) is 0 Å². The van der Waals surface area contributed by atoms with Gasteiger partial charge in [-0.25, -0.2) is 9.18 Å². The second-order valence-electron chi connectivity index (χ2n) is 3.48. The summed E-state index contributed by atoms with van der Waals surface area (Å²) in [5.41, 5.74) is 0.258. The Balaban J connectivity index is 2.51. The third-order valence-electron chi connectivity index (χ3n) is 2.35. The number of phenolic OH excluding ortho intramolecular Hbond substituents is 1. The zero-order valence-electron chi connectivity index (χ0n) is 7.33. The van der Waals surface area contributed by atoms with Crippen LogP contribution in [0.3, 0.4) is 0 Å². The first-order chi connectivity index (χ1) is 6.59. The van der Waals surface area contributed by atoms with Gasteiger partial charge in [-0.05, 0) is 36.5 Å². The molecule has 0 spiro atoms. The first-order valence-electron chi connectivity index (χ1n) is 4.35. The van der Waals surface area contributed by atoms with Crippen molar-refractivity contribution in [2.45, 2.75) is 18.8 Å². The van der Waals surface area contributed by atoms with E-state index in [1.807, 2.05) is 0 Å². The minimum atomic E-state index is -1.35. The van der Waals surface area contributed by atoms with E-state index in [1.54, 1.807) is 0 Å². The second kappa shape index (κ2) is 2.97. The predicted molar refractivity (Wildman–Crippen MR) is 47.0 cm³/mol. The number of halogens is 1. The Morgan fingerprint density at radius 1 is 1.43 bits per heavy atom. The highest BCUT2D eigenvalue weighted by Crippen LogP contribution is 2.42. The monoisotopic (exact) mass is 196 g/mol. The number of benzene rings is 1. The summed E-state index contributed by atoms with van der Waals surface area (Å²) in [7, 11) is 0. The summed E-state index contributed by atoms with van der Waals surface area (Å²) < 4.78 is 13.1. The summed E-state index contributed by atoms with van der Waals surface area (Å²) >= 11 is 0. The quantitative estimate of drug-likeness (QED) is 0.761. The Morgan fingerprint density at radius 3 is 2.57 bits per heavy atom. The fourth-order valence-electron chi connectivity index (χ4n) is 1.44. The lowest BCUT2D eigenvalue weighted by Gasteiger charge is -2.04. The van der Waals surface area contributed by atoms with Crippen LogP contribution in [0.5, 0.6) is 5.75 Å². The van der Waals surface area contributed by atoms with E-state index in [9.17, 15) is 9.18 Å². The van der Waals surface area contributed by atoms with E-state index < -0.39 is 23.1 Å². The topological polar surface area (TPSA) is 57.5 Å². The molecule has 1 aliphatic carbocycles. The molecule has 0 atom stereocenters. The summed E-state index contributed by atoms with van der Waals surface area (Å²) in [5.74, 6) is -2.69. The molecule has 4 heteroatoms. The zero-order valence-corrected chi connectivity index (χ0v) is 7.33. The van der Waals surface area contributed by atoms with Crippen molar-refractivity contribution in [3.8, 4) is 5.75 Å². The van der Waals surface area contributed by atoms with Crippen LogP contribution in [0.25, 0.3) is 0 Å². The molecule has 1 fully saturated rings. The maximum Gasteiger partial charge on any atom is 0.338 e. The molecule has 0 amide bonds. The lowest BCUT2D eigenvalue weighted by molar-refractivity contribution is 0.0690. The standard InChI is InChI=1S/C10H9FO3/c11-9-7(10(13)14)3-6(4-8(9)12)5-1-2-5/h3-5,12H,1-2H2,(H,13,14). The van der Waals surface area contributed by atoms with Crippen LogP contribution >= 0.6 is 0 Å². The first kappa shape index (κ1) is 8.99. The van der Waals surface area contributed by atoms with Crippen molar-refractivity contribution in [3.05, 3.63) is 29.1 Å². The number of phenols is 1. The summed E-state index contributed by atoms with van der Waals surface area (Å²) in [6.07, 6.45) is 1.95. The van der Waals surface area contributed by atoms with Crippen molar-refractivity contribution >= 4 is 5.97 Å². The fourth-order valence-corrected chi connectivity index (χ4v) is 1.44. The SMILES string of the molecule is O=C(O)c1cc(C2CC2)cc(O)c1F. The Morgan fingerprint density at radius 2 is 2.07 bits per heavy atom. The summed E-state index contributed by atoms with van der Waals surface area (Å²) in [6, 6.07) is 2.61. The smallest absolute Gasteiger partial charge is 0.338 e. The van der Waals surface area contributed by atoms with Gasteiger partial charge in [0.25, 0.3) is 0 Å². The summed E-state index contributed by atoms with van der Waals surface area (Å²) in [4.78, 5) is 10.6. The largest absolute Gasteiger partial charge is 0.505 e. The lowest BCUT2D eigenvalue weighted by Crippen LogP contribution is -2.01. The molecule has 0 radical (unpaired) electrons. The van der Waals surface area contributed by atoms with Gasteiger partial charge in [-0.2, -0.15) is 0 Å². The number of carboxylic acid groups (broad SMARTS) is 1. The molecule has 1 aliphatic rings. The summed E-state index contributed by atoms with van der Waals surface area (Å²) in [5, 5.41) is 17.8. The highest BCUT2D eigenvalue weighted by Gasteiger charge is 2.26. The van der Waals surface area contributed by atoms with E-state index in [1.165, 1.54) is 12.1 Å². The Labute approximate surface area is 79.8 Å². The van der Waals surface area contributed by atoms with Crippen molar-refractivity contribution in [1.82, 2.24) is 0 Å². The zero-order chi connectivity index (χ0) is 10.3. The Bertz CT molecular complexity index is 397. The molecule has 0 saturated heterocycles. The van der Waals surface area contributed by atoms with Crippen LogP contribution in [-0.2, 0) is 0 Å². The van der Waals surface area contributed by atoms with E-state index in [-0.39, 0.29) is 0 Å². The minimum absolute atomic E-state index is 0.291. The number of hydrogen-bond donors (Lipinski definition) is 2. The molecular formula is C10H9FO3. The van der Waals surface area contributed by atoms with Crippen LogP contribution in [-0.4, -0.2) is 16.2 Å². The predicted octanol–water partition coefficient (Wildman–Crippen LogP) is 2.11. The van der Waals surface area contributed by atoms with Crippen molar-refractivity contribution in [3.63, 3.8) is 0 Å². The molecule has 1 aromatic carbocycles. The van der Waals surface area contributed by atoms with Gasteiger partial charge in [-0.1, -0.05) is 0 Å². The fraction of sp³-hybridized carbons (Fsp3) is 0.300. The van der Waals surface area contributed by atoms with Gasteiger partial charge in [-0.15, -0.1) is 0 Å². The van der Waals surface area contributed by atoms with Gasteiger partial charge in [0.1, 0.15) is 0 Å². The van der Waals surface area contributed by atoms with Gasteiger partial charge in [-0.3, -0.25) is 0 Å². The lowest BCUT2D eigenvalue weighted by atomic mass is 10.1. The molecule has 1 aromatic rings. The molecular weight excluding hydrogens is 187 g/mol. The molecule has 2 rings (SSSR count). The van der Waals surface area contributed by atoms with Crippen molar-refractivity contribution in [2.75, 3.05) is 0 Å². The van der Waals surface area contributed by atoms with E-state index >= 15 is 0 Å². The number of rotatable bonds is 2. The molecule has 74 valence electrons. The Kier molecular flexibility index (Phi) is 1.91. The van der Waals surface area contributed by atoms with Gasteiger partial charge in [0.05, 0.1) is 5.56 Å². The highest BCUT2D eigenvalue weighted by atomic mass is 19.1. The number of carboxylic acids is 1. The third-order valence-corrected chi connectivity index (χ3v) is 2.35. The van der Waals surface area contributed by atoms with Crippen molar-refractivity contribution in [1.29, 1.82) is 0 Å². The molecule has 0 aromatic heterocycles. The van der Waals surface area contributed by atoms with Gasteiger partial charge in [0.15, 0.2) is 11.6 Å². The van der Waals surface area contributed by atoms with E-state index in [2.05, 4.69) is 0 Å². The Hall–Kier alpha value is -1.58. The van der Waals surface area contributed by atoms with Gasteiger partial charge >= 0.3 is 5.97 Å². The number of aromatic hydroxyl groups is 1. The molecule has 3 nitrogen and oxygen atoms in total. The molecule has 0 heterocycles. The molecule has 2 N–H and O–H groups in total. The van der Waals surface area contributed by atoms with Crippen LogP contribution in [0.2, 0.25) is 0 Å². The second-order valence-corrected chi connectivity index (χ2v) is 3.48. The van der Waals surface area contributed by atoms with Crippen molar-refractivity contribution in [2.24, 2.45) is 0 Å². The molecule has 1 saturated carbocycles. The van der Waals surface area contributed by atoms with Crippen LogP contribution in [0.4, 0.5) is 4.39 Å². The van der Waals surface area contributed by atoms with Gasteiger partial charge in [0.2, 0.25) is 0 Å². The molecule has 0 unspecified atom stereocenters. The maximum atomic E-state index is 13.1. The maximum absolute atomic E-state index is 13.1. The van der Waals surface area contributed by atoms with E-state index in [0.717, 1.165) is 12.8 Å². The number of aromatic carboxylic acids is 1. The summed E-state index contributed by atoms with van der Waals surface area (Å²) in [6.45, 7) is 0. The van der Waals surface area contributed by atoms with Crippen LogP contribution in [0, 0.1) is 5.82 Å². The first-order valence-corrected chi connectivity index (χ1v) is 4.35. The van der Waals surface area contributed by atoms with Crippen LogP contribution in [0.15, 0.2) is 12.1 Å². The van der Waals surface area contributed by atoms with Crippen molar-refractivity contribution < 1.29 is 19.4 Å². The van der Waals surface area contributed by atoms with E-state index in [0.29, 0.717) is 11.5 Å². The molecule has 14 heavy (non-hydrogen) atoms.